The number of methoxy groups -OCH3 is 1. The highest BCUT2D eigenvalue weighted by Crippen LogP contribution is 2.28. The standard InChI is InChI=1S/C22H16BrClN2O4/c1-29-20-10-14(13-25-26-21(27)15-4-3-7-18(24)12-15)8-9-19(20)30-22(28)16-5-2-6-17(23)11-16/h2-13H,1H3,(H,26,27)/b25-13+. The van der Waals surface area contributed by atoms with E-state index < -0.39 is 5.97 Å². The molecule has 6 nitrogen and oxygen atoms in total. The van der Waals surface area contributed by atoms with Crippen molar-refractivity contribution in [3.63, 3.8) is 0 Å². The number of hydrazone groups is 1. The minimum absolute atomic E-state index is 0.266. The SMILES string of the molecule is COc1cc(/C=N/NC(=O)c2cccc(Cl)c2)ccc1OC(=O)c1cccc(Br)c1. The van der Waals surface area contributed by atoms with Gasteiger partial charge >= 0.3 is 5.97 Å². The minimum Gasteiger partial charge on any atom is -0.493 e. The van der Waals surface area contributed by atoms with Gasteiger partial charge in [-0.15, -0.1) is 0 Å². The molecule has 30 heavy (non-hydrogen) atoms. The van der Waals surface area contributed by atoms with Crippen molar-refractivity contribution in [2.75, 3.05) is 7.11 Å². The van der Waals surface area contributed by atoms with E-state index in [4.69, 9.17) is 21.1 Å². The Bertz CT molecular complexity index is 1120. The summed E-state index contributed by atoms with van der Waals surface area (Å²) >= 11 is 9.20. The molecule has 0 saturated carbocycles. The van der Waals surface area contributed by atoms with E-state index in [0.29, 0.717) is 27.5 Å². The average molecular weight is 488 g/mol. The van der Waals surface area contributed by atoms with Crippen LogP contribution in [0.25, 0.3) is 0 Å². The number of benzene rings is 3. The smallest absolute Gasteiger partial charge is 0.343 e. The van der Waals surface area contributed by atoms with Crippen molar-refractivity contribution in [1.29, 1.82) is 0 Å². The first-order valence-corrected chi connectivity index (χ1v) is 9.88. The largest absolute Gasteiger partial charge is 0.493 e. The van der Waals surface area contributed by atoms with Gasteiger partial charge < -0.3 is 9.47 Å². The molecule has 3 aromatic rings. The summed E-state index contributed by atoms with van der Waals surface area (Å²) in [5, 5.41) is 4.40. The number of nitrogens with zero attached hydrogens (tertiary/aromatic N) is 1. The molecule has 1 N–H and O–H groups in total. The van der Waals surface area contributed by atoms with Gasteiger partial charge in [-0.1, -0.05) is 39.7 Å². The van der Waals surface area contributed by atoms with Crippen LogP contribution in [0.1, 0.15) is 26.3 Å². The monoisotopic (exact) mass is 486 g/mol. The number of ether oxygens (including phenoxy) is 2. The predicted octanol–water partition coefficient (Wildman–Crippen LogP) is 5.09. The molecule has 0 bridgehead atoms. The van der Waals surface area contributed by atoms with Gasteiger partial charge in [0.25, 0.3) is 5.91 Å². The van der Waals surface area contributed by atoms with E-state index in [0.717, 1.165) is 4.47 Å². The third-order valence-corrected chi connectivity index (χ3v) is 4.65. The lowest BCUT2D eigenvalue weighted by molar-refractivity contribution is 0.0729. The lowest BCUT2D eigenvalue weighted by atomic mass is 10.2. The highest BCUT2D eigenvalue weighted by Gasteiger charge is 2.13. The van der Waals surface area contributed by atoms with Crippen LogP contribution in [-0.4, -0.2) is 25.2 Å². The Labute approximate surface area is 186 Å². The summed E-state index contributed by atoms with van der Waals surface area (Å²) < 4.78 is 11.5. The fourth-order valence-corrected chi connectivity index (χ4v) is 3.07. The Kier molecular flexibility index (Phi) is 7.21. The van der Waals surface area contributed by atoms with Gasteiger partial charge in [0, 0.05) is 15.1 Å². The van der Waals surface area contributed by atoms with Crippen LogP contribution in [0.4, 0.5) is 0 Å². The molecule has 0 aliphatic rings. The summed E-state index contributed by atoms with van der Waals surface area (Å²) in [6.45, 7) is 0. The molecular weight excluding hydrogens is 472 g/mol. The molecule has 0 unspecified atom stereocenters. The van der Waals surface area contributed by atoms with Gasteiger partial charge in [-0.25, -0.2) is 10.2 Å². The molecule has 0 aromatic heterocycles. The van der Waals surface area contributed by atoms with Gasteiger partial charge in [0.1, 0.15) is 0 Å². The molecule has 0 aliphatic carbocycles. The third kappa shape index (κ3) is 5.68. The summed E-state index contributed by atoms with van der Waals surface area (Å²) in [5.41, 5.74) is 3.87. The fraction of sp³-hybridized carbons (Fsp3) is 0.0455. The first-order chi connectivity index (χ1) is 14.5. The number of halogens is 2. The highest BCUT2D eigenvalue weighted by molar-refractivity contribution is 9.10. The number of esters is 1. The Morgan fingerprint density at radius 1 is 1.00 bits per heavy atom. The van der Waals surface area contributed by atoms with Crippen LogP contribution in [0.15, 0.2) is 76.3 Å². The zero-order valence-electron chi connectivity index (χ0n) is 15.8. The molecule has 3 rings (SSSR count). The van der Waals surface area contributed by atoms with Crippen LogP contribution >= 0.6 is 27.5 Å². The first-order valence-electron chi connectivity index (χ1n) is 8.71. The van der Waals surface area contributed by atoms with Crippen LogP contribution in [0.3, 0.4) is 0 Å². The second-order valence-corrected chi connectivity index (χ2v) is 7.37. The van der Waals surface area contributed by atoms with Crippen LogP contribution < -0.4 is 14.9 Å². The topological polar surface area (TPSA) is 77.0 Å². The third-order valence-electron chi connectivity index (χ3n) is 3.92. The van der Waals surface area contributed by atoms with Crippen molar-refractivity contribution in [2.45, 2.75) is 0 Å². The second-order valence-electron chi connectivity index (χ2n) is 6.02. The average Bonchev–Trinajstić information content (AvgIpc) is 2.74. The van der Waals surface area contributed by atoms with Crippen molar-refractivity contribution in [2.24, 2.45) is 5.10 Å². The molecule has 152 valence electrons. The zero-order chi connectivity index (χ0) is 21.5. The number of nitrogens with one attached hydrogen (secondary N) is 1. The molecular formula is C22H16BrClN2O4. The van der Waals surface area contributed by atoms with Crippen molar-refractivity contribution in [1.82, 2.24) is 5.43 Å². The van der Waals surface area contributed by atoms with Crippen LogP contribution in [0.2, 0.25) is 5.02 Å². The number of rotatable bonds is 6. The molecule has 0 aliphatic heterocycles. The number of amides is 1. The molecule has 8 heteroatoms. The minimum atomic E-state index is -0.509. The van der Waals surface area contributed by atoms with Crippen LogP contribution in [0, 0.1) is 0 Å². The van der Waals surface area contributed by atoms with E-state index in [1.807, 2.05) is 6.07 Å². The number of hydrogen-bond donors (Lipinski definition) is 1. The molecule has 1 amide bonds. The van der Waals surface area contributed by atoms with Crippen molar-refractivity contribution < 1.29 is 19.1 Å². The summed E-state index contributed by atoms with van der Waals surface area (Å²) in [4.78, 5) is 24.4. The Morgan fingerprint density at radius 2 is 1.77 bits per heavy atom. The van der Waals surface area contributed by atoms with Gasteiger partial charge in [0.05, 0.1) is 18.9 Å². The number of carbonyl (C=O) groups is 2. The van der Waals surface area contributed by atoms with Gasteiger partial charge in [0.2, 0.25) is 0 Å². The van der Waals surface area contributed by atoms with E-state index in [2.05, 4.69) is 26.5 Å². The Morgan fingerprint density at radius 3 is 2.50 bits per heavy atom. The van der Waals surface area contributed by atoms with E-state index in [1.165, 1.54) is 13.3 Å². The second kappa shape index (κ2) is 10.0. The number of hydrogen-bond acceptors (Lipinski definition) is 5. The van der Waals surface area contributed by atoms with Gasteiger partial charge in [0.15, 0.2) is 11.5 Å². The molecule has 0 saturated heterocycles. The zero-order valence-corrected chi connectivity index (χ0v) is 18.1. The molecule has 0 radical (unpaired) electrons. The highest BCUT2D eigenvalue weighted by atomic mass is 79.9. The van der Waals surface area contributed by atoms with Gasteiger partial charge in [-0.05, 0) is 60.2 Å². The van der Waals surface area contributed by atoms with Crippen LogP contribution in [-0.2, 0) is 0 Å². The summed E-state index contributed by atoms with van der Waals surface area (Å²) in [6, 6.07) is 18.3. The van der Waals surface area contributed by atoms with Crippen molar-refractivity contribution >= 4 is 45.6 Å². The van der Waals surface area contributed by atoms with E-state index >= 15 is 0 Å². The van der Waals surface area contributed by atoms with Crippen LogP contribution in [0.5, 0.6) is 11.5 Å². The predicted molar refractivity (Wildman–Crippen MR) is 119 cm³/mol. The Balaban J connectivity index is 1.68. The lowest BCUT2D eigenvalue weighted by Crippen LogP contribution is -2.17. The lowest BCUT2D eigenvalue weighted by Gasteiger charge is -2.10. The van der Waals surface area contributed by atoms with E-state index in [-0.39, 0.29) is 11.7 Å². The maximum Gasteiger partial charge on any atom is 0.343 e. The molecule has 0 fully saturated rings. The van der Waals surface area contributed by atoms with Gasteiger partial charge in [-0.3, -0.25) is 4.79 Å². The Hall–Kier alpha value is -3.16. The maximum absolute atomic E-state index is 12.3. The number of carbonyl (C=O) groups excluding carboxylic acids is 2. The van der Waals surface area contributed by atoms with E-state index in [9.17, 15) is 9.59 Å². The summed E-state index contributed by atoms with van der Waals surface area (Å²) in [6.07, 6.45) is 1.45. The molecule has 0 heterocycles. The summed E-state index contributed by atoms with van der Waals surface area (Å²) in [7, 11) is 1.47. The van der Waals surface area contributed by atoms with E-state index in [1.54, 1.807) is 60.7 Å². The molecule has 3 aromatic carbocycles. The molecule has 0 atom stereocenters. The normalized spacial score (nSPS) is 10.6. The van der Waals surface area contributed by atoms with Crippen molar-refractivity contribution in [3.8, 4) is 11.5 Å². The quantitative estimate of drug-likeness (QED) is 0.227. The van der Waals surface area contributed by atoms with Crippen molar-refractivity contribution in [3.05, 3.63) is 92.9 Å². The molecule has 0 spiro atoms. The fourth-order valence-electron chi connectivity index (χ4n) is 2.48. The maximum atomic E-state index is 12.3. The van der Waals surface area contributed by atoms with Gasteiger partial charge in [-0.2, -0.15) is 5.10 Å². The summed E-state index contributed by atoms with van der Waals surface area (Å²) in [5.74, 6) is -0.281. The first kappa shape index (κ1) is 21.5.